The zero-order chi connectivity index (χ0) is 25.0. The first kappa shape index (κ1) is 25.1. The van der Waals surface area contributed by atoms with Crippen molar-refractivity contribution in [2.24, 2.45) is 0 Å². The van der Waals surface area contributed by atoms with Crippen molar-refractivity contribution in [2.45, 2.75) is 31.2 Å². The Morgan fingerprint density at radius 1 is 1.11 bits per heavy atom. The highest BCUT2D eigenvalue weighted by Gasteiger charge is 2.32. The molecular formula is C26H32N4O4S. The Balaban J connectivity index is 1.32. The van der Waals surface area contributed by atoms with Gasteiger partial charge in [0.15, 0.2) is 0 Å². The highest BCUT2D eigenvalue weighted by molar-refractivity contribution is 7.89. The number of para-hydroxylation sites is 1. The van der Waals surface area contributed by atoms with Crippen LogP contribution in [0.15, 0.2) is 59.6 Å². The lowest BCUT2D eigenvalue weighted by molar-refractivity contribution is -0.126. The van der Waals surface area contributed by atoms with Crippen LogP contribution >= 0.6 is 0 Å². The first-order chi connectivity index (χ1) is 16.8. The minimum atomic E-state index is -3.69. The Morgan fingerprint density at radius 2 is 1.83 bits per heavy atom. The number of sulfonamides is 1. The summed E-state index contributed by atoms with van der Waals surface area (Å²) < 4.78 is 33.4. The van der Waals surface area contributed by atoms with Crippen molar-refractivity contribution in [3.8, 4) is 5.75 Å². The van der Waals surface area contributed by atoms with E-state index in [2.05, 4.69) is 10.3 Å². The molecule has 3 aromatic rings. The number of amides is 1. The maximum atomic E-state index is 13.4. The molecule has 8 nitrogen and oxygen atoms in total. The van der Waals surface area contributed by atoms with Crippen LogP contribution in [-0.2, 0) is 21.2 Å². The van der Waals surface area contributed by atoms with Crippen LogP contribution < -0.4 is 10.1 Å². The molecule has 35 heavy (non-hydrogen) atoms. The summed E-state index contributed by atoms with van der Waals surface area (Å²) in [6.07, 6.45) is 2.42. The molecule has 1 amide bonds. The summed E-state index contributed by atoms with van der Waals surface area (Å²) >= 11 is 0. The van der Waals surface area contributed by atoms with Crippen molar-refractivity contribution in [2.75, 3.05) is 39.8 Å². The zero-order valence-corrected chi connectivity index (χ0v) is 21.2. The fraction of sp³-hybridized carbons (Fsp3) is 0.385. The predicted molar refractivity (Wildman–Crippen MR) is 136 cm³/mol. The van der Waals surface area contributed by atoms with Crippen molar-refractivity contribution >= 4 is 26.8 Å². The number of piperazine rings is 1. The first-order valence-corrected chi connectivity index (χ1v) is 13.2. The fourth-order valence-corrected chi connectivity index (χ4v) is 5.94. The average molecular weight is 497 g/mol. The number of nitrogens with one attached hydrogen (secondary N) is 1. The second-order valence-corrected chi connectivity index (χ2v) is 10.8. The number of rotatable bonds is 8. The Morgan fingerprint density at radius 3 is 2.51 bits per heavy atom. The Bertz CT molecular complexity index is 1290. The molecule has 0 radical (unpaired) electrons. The van der Waals surface area contributed by atoms with Gasteiger partial charge in [-0.15, -0.1) is 0 Å². The number of hydrogen-bond acceptors (Lipinski definition) is 6. The van der Waals surface area contributed by atoms with Gasteiger partial charge in [-0.2, -0.15) is 4.31 Å². The monoisotopic (exact) mass is 496 g/mol. The molecule has 2 aromatic carbocycles. The summed E-state index contributed by atoms with van der Waals surface area (Å²) in [7, 11) is -2.05. The fourth-order valence-electron chi connectivity index (χ4n) is 4.36. The van der Waals surface area contributed by atoms with E-state index >= 15 is 0 Å². The summed E-state index contributed by atoms with van der Waals surface area (Å²) in [4.78, 5) is 19.3. The van der Waals surface area contributed by atoms with Crippen LogP contribution in [0.2, 0.25) is 0 Å². The molecule has 0 saturated carbocycles. The van der Waals surface area contributed by atoms with Gasteiger partial charge in [0.2, 0.25) is 15.9 Å². The smallest absolute Gasteiger partial charge is 0.245 e. The second kappa shape index (κ2) is 10.7. The van der Waals surface area contributed by atoms with Gasteiger partial charge < -0.3 is 10.1 Å². The van der Waals surface area contributed by atoms with E-state index in [1.165, 1.54) is 4.31 Å². The van der Waals surface area contributed by atoms with Crippen molar-refractivity contribution in [3.63, 3.8) is 0 Å². The van der Waals surface area contributed by atoms with Crippen LogP contribution in [0.3, 0.4) is 0 Å². The number of benzene rings is 2. The van der Waals surface area contributed by atoms with E-state index in [0.29, 0.717) is 38.2 Å². The lowest BCUT2D eigenvalue weighted by atomic mass is 10.1. The van der Waals surface area contributed by atoms with Gasteiger partial charge in [0, 0.05) is 44.3 Å². The van der Waals surface area contributed by atoms with E-state index in [1.54, 1.807) is 25.4 Å². The quantitative estimate of drug-likeness (QED) is 0.516. The van der Waals surface area contributed by atoms with Crippen molar-refractivity contribution in [3.05, 3.63) is 65.9 Å². The third kappa shape index (κ3) is 5.63. The largest absolute Gasteiger partial charge is 0.497 e. The summed E-state index contributed by atoms with van der Waals surface area (Å²) in [5.41, 5.74) is 2.60. The average Bonchev–Trinajstić information content (AvgIpc) is 2.88. The Labute approximate surface area is 207 Å². The van der Waals surface area contributed by atoms with Crippen LogP contribution in [0.25, 0.3) is 10.9 Å². The molecule has 1 atom stereocenters. The zero-order valence-electron chi connectivity index (χ0n) is 20.4. The van der Waals surface area contributed by atoms with E-state index in [0.717, 1.165) is 28.7 Å². The van der Waals surface area contributed by atoms with Gasteiger partial charge in [-0.1, -0.05) is 24.3 Å². The van der Waals surface area contributed by atoms with Crippen LogP contribution in [-0.4, -0.2) is 74.4 Å². The van der Waals surface area contributed by atoms with E-state index in [9.17, 15) is 13.2 Å². The summed E-state index contributed by atoms with van der Waals surface area (Å²) in [6, 6.07) is 14.6. The molecule has 1 fully saturated rings. The van der Waals surface area contributed by atoms with E-state index in [4.69, 9.17) is 4.74 Å². The summed E-state index contributed by atoms with van der Waals surface area (Å²) in [5, 5.41) is 3.81. The minimum absolute atomic E-state index is 0.0524. The molecule has 1 N–H and O–H groups in total. The van der Waals surface area contributed by atoms with Gasteiger partial charge in [-0.25, -0.2) is 8.42 Å². The first-order valence-electron chi connectivity index (χ1n) is 11.8. The standard InChI is InChI=1S/C26H32N4O4S/c1-19-17-22-5-4-6-24(25(22)28-18-19)35(32,33)30-15-13-29(14-16-30)20(2)26(31)27-12-11-21-7-9-23(34-3)10-8-21/h4-10,17-18,20H,11-16H2,1-3H3,(H,27,31). The lowest BCUT2D eigenvalue weighted by Gasteiger charge is -2.36. The lowest BCUT2D eigenvalue weighted by Crippen LogP contribution is -2.55. The highest BCUT2D eigenvalue weighted by atomic mass is 32.2. The van der Waals surface area contributed by atoms with Crippen molar-refractivity contribution in [1.29, 1.82) is 0 Å². The minimum Gasteiger partial charge on any atom is -0.497 e. The van der Waals surface area contributed by atoms with Crippen LogP contribution in [0.4, 0.5) is 0 Å². The number of hydrogen-bond donors (Lipinski definition) is 1. The molecule has 2 heterocycles. The third-order valence-electron chi connectivity index (χ3n) is 6.50. The van der Waals surface area contributed by atoms with E-state index < -0.39 is 10.0 Å². The van der Waals surface area contributed by atoms with Crippen LogP contribution in [0, 0.1) is 6.92 Å². The van der Waals surface area contributed by atoms with Gasteiger partial charge in [0.05, 0.1) is 18.7 Å². The molecule has 1 aliphatic rings. The number of pyridine rings is 1. The van der Waals surface area contributed by atoms with Gasteiger partial charge in [-0.05, 0) is 55.7 Å². The topological polar surface area (TPSA) is 91.8 Å². The molecule has 0 bridgehead atoms. The maximum absolute atomic E-state index is 13.4. The third-order valence-corrected chi connectivity index (χ3v) is 8.43. The van der Waals surface area contributed by atoms with Crippen LogP contribution in [0.1, 0.15) is 18.1 Å². The number of fused-ring (bicyclic) bond motifs is 1. The number of aromatic nitrogens is 1. The Hall–Kier alpha value is -3.01. The van der Waals surface area contributed by atoms with Gasteiger partial charge in [0.1, 0.15) is 10.6 Å². The Kier molecular flexibility index (Phi) is 7.69. The van der Waals surface area contributed by atoms with E-state index in [-0.39, 0.29) is 16.8 Å². The van der Waals surface area contributed by atoms with E-state index in [1.807, 2.05) is 55.1 Å². The number of ether oxygens (including phenoxy) is 1. The van der Waals surface area contributed by atoms with Gasteiger partial charge >= 0.3 is 0 Å². The second-order valence-electron chi connectivity index (χ2n) is 8.85. The predicted octanol–water partition coefficient (Wildman–Crippen LogP) is 2.61. The SMILES string of the molecule is COc1ccc(CCNC(=O)C(C)N2CCN(S(=O)(=O)c3cccc4cc(C)cnc34)CC2)cc1. The normalized spacial score (nSPS) is 16.2. The molecule has 9 heteroatoms. The molecule has 1 unspecified atom stereocenters. The molecule has 1 saturated heterocycles. The molecular weight excluding hydrogens is 464 g/mol. The number of nitrogens with zero attached hydrogens (tertiary/aromatic N) is 3. The molecule has 186 valence electrons. The number of methoxy groups -OCH3 is 1. The summed E-state index contributed by atoms with van der Waals surface area (Å²) in [5.74, 6) is 0.753. The maximum Gasteiger partial charge on any atom is 0.245 e. The summed E-state index contributed by atoms with van der Waals surface area (Å²) in [6.45, 7) is 5.97. The van der Waals surface area contributed by atoms with Gasteiger partial charge in [-0.3, -0.25) is 14.7 Å². The number of carbonyl (C=O) groups is 1. The highest BCUT2D eigenvalue weighted by Crippen LogP contribution is 2.26. The number of carbonyl (C=O) groups excluding carboxylic acids is 1. The van der Waals surface area contributed by atoms with Crippen molar-refractivity contribution in [1.82, 2.24) is 19.5 Å². The van der Waals surface area contributed by atoms with Crippen molar-refractivity contribution < 1.29 is 17.9 Å². The van der Waals surface area contributed by atoms with Crippen LogP contribution in [0.5, 0.6) is 5.75 Å². The molecule has 1 aliphatic heterocycles. The molecule has 4 rings (SSSR count). The molecule has 0 aliphatic carbocycles. The molecule has 0 spiro atoms. The van der Waals surface area contributed by atoms with Gasteiger partial charge in [0.25, 0.3) is 0 Å². The molecule has 1 aromatic heterocycles. The number of aryl methyl sites for hydroxylation is 1.